The highest BCUT2D eigenvalue weighted by molar-refractivity contribution is 5.35. The molecule has 13 heavy (non-hydrogen) atoms. The van der Waals surface area contributed by atoms with E-state index in [-0.39, 0.29) is 5.92 Å². The number of aliphatic imine (C=N–C) groups is 1. The highest BCUT2D eigenvalue weighted by Crippen LogP contribution is 2.23. The van der Waals surface area contributed by atoms with Gasteiger partial charge in [0.1, 0.15) is 0 Å². The SMILES string of the molecule is C=NC(=C)C(C)c1cccc(C)c1. The molecule has 0 N–H and O–H groups in total. The molecule has 0 heterocycles. The van der Waals surface area contributed by atoms with E-state index in [0.29, 0.717) is 0 Å². The number of aryl methyl sites for hydroxylation is 1. The van der Waals surface area contributed by atoms with E-state index < -0.39 is 0 Å². The van der Waals surface area contributed by atoms with Crippen molar-refractivity contribution in [1.29, 1.82) is 0 Å². The van der Waals surface area contributed by atoms with E-state index in [9.17, 15) is 0 Å². The molecule has 0 fully saturated rings. The summed E-state index contributed by atoms with van der Waals surface area (Å²) < 4.78 is 0. The van der Waals surface area contributed by atoms with Crippen molar-refractivity contribution in [2.45, 2.75) is 19.8 Å². The Morgan fingerprint density at radius 2 is 2.15 bits per heavy atom. The molecule has 1 aromatic rings. The number of allylic oxidation sites excluding steroid dienone is 1. The Morgan fingerprint density at radius 3 is 2.69 bits per heavy atom. The van der Waals surface area contributed by atoms with Gasteiger partial charge in [-0.25, -0.2) is 0 Å². The zero-order valence-corrected chi connectivity index (χ0v) is 8.25. The predicted molar refractivity (Wildman–Crippen MR) is 58.3 cm³/mol. The number of rotatable bonds is 3. The van der Waals surface area contributed by atoms with E-state index in [2.05, 4.69) is 56.4 Å². The van der Waals surface area contributed by atoms with Gasteiger partial charge in [-0.1, -0.05) is 43.3 Å². The maximum absolute atomic E-state index is 3.85. The lowest BCUT2D eigenvalue weighted by atomic mass is 9.97. The van der Waals surface area contributed by atoms with Crippen LogP contribution in [0.25, 0.3) is 0 Å². The summed E-state index contributed by atoms with van der Waals surface area (Å²) in [5.74, 6) is 0.261. The summed E-state index contributed by atoms with van der Waals surface area (Å²) in [5, 5.41) is 0. The third-order valence-electron chi connectivity index (χ3n) is 2.25. The maximum Gasteiger partial charge on any atom is 0.0396 e. The first kappa shape index (κ1) is 9.72. The van der Waals surface area contributed by atoms with Crippen molar-refractivity contribution in [3.63, 3.8) is 0 Å². The van der Waals surface area contributed by atoms with Crippen LogP contribution in [0, 0.1) is 6.92 Å². The van der Waals surface area contributed by atoms with Crippen LogP contribution in [-0.2, 0) is 0 Å². The molecule has 0 bridgehead atoms. The van der Waals surface area contributed by atoms with Crippen molar-refractivity contribution >= 4 is 6.72 Å². The fourth-order valence-corrected chi connectivity index (χ4v) is 1.27. The molecule has 1 aromatic carbocycles. The molecule has 0 aliphatic heterocycles. The van der Waals surface area contributed by atoms with E-state index >= 15 is 0 Å². The van der Waals surface area contributed by atoms with Gasteiger partial charge in [-0.2, -0.15) is 0 Å². The summed E-state index contributed by atoms with van der Waals surface area (Å²) >= 11 is 0. The molecule has 0 aliphatic rings. The predicted octanol–water partition coefficient (Wildman–Crippen LogP) is 3.31. The van der Waals surface area contributed by atoms with Gasteiger partial charge in [0, 0.05) is 11.6 Å². The second-order valence-electron chi connectivity index (χ2n) is 3.29. The van der Waals surface area contributed by atoms with Crippen LogP contribution in [0.4, 0.5) is 0 Å². The average molecular weight is 173 g/mol. The van der Waals surface area contributed by atoms with Crippen LogP contribution >= 0.6 is 0 Å². The molecule has 0 amide bonds. The summed E-state index contributed by atoms with van der Waals surface area (Å²) in [7, 11) is 0. The summed E-state index contributed by atoms with van der Waals surface area (Å²) in [5.41, 5.74) is 3.34. The van der Waals surface area contributed by atoms with Gasteiger partial charge in [0.25, 0.3) is 0 Å². The minimum Gasteiger partial charge on any atom is -0.269 e. The van der Waals surface area contributed by atoms with Crippen LogP contribution in [0.2, 0.25) is 0 Å². The fraction of sp³-hybridized carbons (Fsp3) is 0.250. The molecular weight excluding hydrogens is 158 g/mol. The molecule has 0 aliphatic carbocycles. The molecule has 1 rings (SSSR count). The average Bonchev–Trinajstić information content (AvgIpc) is 2.15. The molecule has 0 saturated carbocycles. The minimum atomic E-state index is 0.261. The molecule has 1 nitrogen and oxygen atoms in total. The Labute approximate surface area is 79.8 Å². The van der Waals surface area contributed by atoms with Crippen LogP contribution in [0.3, 0.4) is 0 Å². The van der Waals surface area contributed by atoms with Gasteiger partial charge in [0.15, 0.2) is 0 Å². The first-order valence-electron chi connectivity index (χ1n) is 4.37. The summed E-state index contributed by atoms with van der Waals surface area (Å²) in [6.07, 6.45) is 0. The van der Waals surface area contributed by atoms with Gasteiger partial charge in [0.2, 0.25) is 0 Å². The highest BCUT2D eigenvalue weighted by atomic mass is 14.7. The Kier molecular flexibility index (Phi) is 3.02. The molecule has 0 saturated heterocycles. The molecule has 68 valence electrons. The van der Waals surface area contributed by atoms with Crippen molar-refractivity contribution in [2.75, 3.05) is 0 Å². The van der Waals surface area contributed by atoms with E-state index in [1.165, 1.54) is 11.1 Å². The smallest absolute Gasteiger partial charge is 0.0396 e. The molecule has 1 atom stereocenters. The van der Waals surface area contributed by atoms with Gasteiger partial charge in [-0.3, -0.25) is 4.99 Å². The van der Waals surface area contributed by atoms with Crippen molar-refractivity contribution in [1.82, 2.24) is 0 Å². The lowest BCUT2D eigenvalue weighted by Gasteiger charge is -2.11. The molecule has 1 heteroatoms. The fourth-order valence-electron chi connectivity index (χ4n) is 1.27. The van der Waals surface area contributed by atoms with Gasteiger partial charge in [-0.05, 0) is 19.2 Å². The van der Waals surface area contributed by atoms with Crippen LogP contribution in [-0.4, -0.2) is 6.72 Å². The summed E-state index contributed by atoms with van der Waals surface area (Å²) in [6, 6.07) is 8.38. The van der Waals surface area contributed by atoms with Crippen LogP contribution < -0.4 is 0 Å². The van der Waals surface area contributed by atoms with E-state index in [1.54, 1.807) is 0 Å². The number of benzene rings is 1. The summed E-state index contributed by atoms with van der Waals surface area (Å²) in [4.78, 5) is 3.85. The second-order valence-corrected chi connectivity index (χ2v) is 3.29. The normalized spacial score (nSPS) is 12.2. The largest absolute Gasteiger partial charge is 0.269 e. The van der Waals surface area contributed by atoms with E-state index in [0.717, 1.165) is 5.70 Å². The number of nitrogens with zero attached hydrogens (tertiary/aromatic N) is 1. The van der Waals surface area contributed by atoms with Gasteiger partial charge in [0.05, 0.1) is 0 Å². The first-order chi connectivity index (χ1) is 6.15. The number of hydrogen-bond donors (Lipinski definition) is 0. The Morgan fingerprint density at radius 1 is 1.46 bits per heavy atom. The van der Waals surface area contributed by atoms with Crippen molar-refractivity contribution in [3.8, 4) is 0 Å². The zero-order valence-electron chi connectivity index (χ0n) is 8.25. The molecule has 0 aromatic heterocycles. The Bertz CT molecular complexity index is 326. The van der Waals surface area contributed by atoms with Crippen molar-refractivity contribution in [3.05, 3.63) is 47.7 Å². The van der Waals surface area contributed by atoms with Crippen LogP contribution in [0.5, 0.6) is 0 Å². The highest BCUT2D eigenvalue weighted by Gasteiger charge is 2.07. The molecule has 1 unspecified atom stereocenters. The number of hydrogen-bond acceptors (Lipinski definition) is 1. The summed E-state index contributed by atoms with van der Waals surface area (Å²) in [6.45, 7) is 11.5. The third-order valence-corrected chi connectivity index (χ3v) is 2.25. The maximum atomic E-state index is 3.85. The van der Waals surface area contributed by atoms with Crippen molar-refractivity contribution < 1.29 is 0 Å². The monoisotopic (exact) mass is 173 g/mol. The molecule has 0 radical (unpaired) electrons. The van der Waals surface area contributed by atoms with Gasteiger partial charge < -0.3 is 0 Å². The zero-order chi connectivity index (χ0) is 9.84. The third kappa shape index (κ3) is 2.28. The van der Waals surface area contributed by atoms with Gasteiger partial charge >= 0.3 is 0 Å². The lowest BCUT2D eigenvalue weighted by Crippen LogP contribution is -1.94. The topological polar surface area (TPSA) is 12.4 Å². The standard InChI is InChI=1S/C12H15N/c1-9-6-5-7-12(8-9)10(2)11(3)13-4/h5-8,10H,3-4H2,1-2H3. The quantitative estimate of drug-likeness (QED) is 0.622. The minimum absolute atomic E-state index is 0.261. The first-order valence-corrected chi connectivity index (χ1v) is 4.37. The van der Waals surface area contributed by atoms with Crippen LogP contribution in [0.1, 0.15) is 24.0 Å². The Hall–Kier alpha value is -1.37. The Balaban J connectivity index is 2.94. The van der Waals surface area contributed by atoms with E-state index in [4.69, 9.17) is 0 Å². The second kappa shape index (κ2) is 4.04. The van der Waals surface area contributed by atoms with Crippen molar-refractivity contribution in [2.24, 2.45) is 4.99 Å². The van der Waals surface area contributed by atoms with Gasteiger partial charge in [-0.15, -0.1) is 0 Å². The van der Waals surface area contributed by atoms with E-state index in [1.807, 2.05) is 0 Å². The lowest BCUT2D eigenvalue weighted by molar-refractivity contribution is 0.885. The van der Waals surface area contributed by atoms with Crippen LogP contribution in [0.15, 0.2) is 41.5 Å². The molecule has 0 spiro atoms. The molecular formula is C12H15N.